The molecule has 0 bridgehead atoms. The van der Waals surface area contributed by atoms with Crippen molar-refractivity contribution < 1.29 is 64.1 Å². The average molecular weight is 1180 g/mol. The van der Waals surface area contributed by atoms with Crippen molar-refractivity contribution in [1.82, 2.24) is 24.8 Å². The minimum Gasteiger partial charge on any atom is -0.491 e. The Morgan fingerprint density at radius 1 is 0.916 bits per heavy atom. The molecule has 83 heavy (non-hydrogen) atoms. The summed E-state index contributed by atoms with van der Waals surface area (Å²) in [6.07, 6.45) is 3.02. The van der Waals surface area contributed by atoms with E-state index in [9.17, 15) is 41.6 Å². The molecule has 1 saturated carbocycles. The second-order valence-corrected chi connectivity index (χ2v) is 21.7. The number of amides is 4. The zero-order chi connectivity index (χ0) is 59.2. The highest BCUT2D eigenvalue weighted by atomic mass is 35.5. The lowest BCUT2D eigenvalue weighted by molar-refractivity contribution is -0.143. The predicted molar refractivity (Wildman–Crippen MR) is 297 cm³/mol. The molecule has 2 fully saturated rings. The summed E-state index contributed by atoms with van der Waals surface area (Å²) in [4.78, 5) is 80.6. The number of sulfonamides is 1. The molecule has 432 valence electrons. The van der Waals surface area contributed by atoms with Crippen LogP contribution in [-0.2, 0) is 45.7 Å². The Bertz CT molecular complexity index is 3820. The highest BCUT2D eigenvalue weighted by Crippen LogP contribution is 2.41. The van der Waals surface area contributed by atoms with Gasteiger partial charge in [-0.1, -0.05) is 35.9 Å². The van der Waals surface area contributed by atoms with E-state index in [0.717, 1.165) is 21.9 Å². The molecule has 3 N–H and O–H groups in total. The van der Waals surface area contributed by atoms with Crippen LogP contribution in [0.1, 0.15) is 36.9 Å². The normalized spacial score (nSPS) is 15.5. The second kappa shape index (κ2) is 25.1. The third kappa shape index (κ3) is 13.8. The fraction of sp³-hybridized carbons (Fsp3) is 0.281. The van der Waals surface area contributed by atoms with Crippen molar-refractivity contribution in [3.8, 4) is 34.4 Å². The monoisotopic (exact) mass is 1180 g/mol. The Morgan fingerprint density at radius 2 is 1.65 bits per heavy atom. The number of alkyl halides is 2. The molecular formula is C57H52ClF4N9O11S. The van der Waals surface area contributed by atoms with Crippen LogP contribution in [-0.4, -0.2) is 121 Å². The quantitative estimate of drug-likeness (QED) is 0.0437. The number of rotatable bonds is 22. The van der Waals surface area contributed by atoms with Crippen LogP contribution in [0.3, 0.4) is 0 Å². The standard InChI is InChI=1S/C57H52ClF4N9O11S/c1-3-83(77,78)67-37-11-12-48(44(25-37)45-30-68(2)56(76)52-42(45)14-16-65-52)82-41-8-6-7-40(26-41)81-20-19-79-17-18-80-33-51(73)69-31-47(71(50(72)32-69)49-21-34(29-63)13-15-64-49)55(75)70(39-23-35(59)22-36(60)24-39)53(43-9-4-5-10-46(43)58)54(74)66-38-27-57(61,62)28-38/h4-16,21-26,30,38,47,53,65,67H,3,17-20,27-28,31-33H2,1-2H3,(H,66,74)/t47-,53-/m0/s1. The molecule has 0 radical (unpaired) electrons. The van der Waals surface area contributed by atoms with Crippen molar-refractivity contribution in [2.24, 2.45) is 7.05 Å². The van der Waals surface area contributed by atoms with Crippen molar-refractivity contribution in [1.29, 1.82) is 5.26 Å². The number of hydrogen-bond acceptors (Lipinski definition) is 13. The number of hydrogen-bond donors (Lipinski definition) is 3. The minimum absolute atomic E-state index is 0.0235. The van der Waals surface area contributed by atoms with Crippen LogP contribution < -0.4 is 34.9 Å². The lowest BCUT2D eigenvalue weighted by Crippen LogP contribution is -2.65. The average Bonchev–Trinajstić information content (AvgIpc) is 4.17. The van der Waals surface area contributed by atoms with Gasteiger partial charge >= 0.3 is 0 Å². The zero-order valence-electron chi connectivity index (χ0n) is 44.3. The topological polar surface area (TPSA) is 248 Å². The van der Waals surface area contributed by atoms with Gasteiger partial charge in [-0.3, -0.25) is 38.5 Å². The molecule has 1 aliphatic heterocycles. The molecule has 1 saturated heterocycles. The first-order valence-corrected chi connectivity index (χ1v) is 27.8. The van der Waals surface area contributed by atoms with Crippen molar-refractivity contribution >= 4 is 73.3 Å². The van der Waals surface area contributed by atoms with Gasteiger partial charge in [-0.2, -0.15) is 5.26 Å². The molecule has 26 heteroatoms. The first kappa shape index (κ1) is 58.8. The molecule has 9 rings (SSSR count). The molecule has 0 unspecified atom stereocenters. The van der Waals surface area contributed by atoms with E-state index in [0.29, 0.717) is 50.2 Å². The number of ether oxygens (including phenoxy) is 4. The van der Waals surface area contributed by atoms with E-state index < -0.39 is 108 Å². The van der Waals surface area contributed by atoms with E-state index >= 15 is 13.6 Å². The van der Waals surface area contributed by atoms with Crippen LogP contribution >= 0.6 is 11.6 Å². The second-order valence-electron chi connectivity index (χ2n) is 19.3. The number of nitrogens with zero attached hydrogens (tertiary/aromatic N) is 6. The molecule has 1 aliphatic carbocycles. The SMILES string of the molecule is CCS(=O)(=O)Nc1ccc(Oc2cccc(OCCOCCOCC(=O)N3CC(=O)N(c4cc(C#N)ccn4)[C@H](C(=O)N(c4cc(F)cc(F)c4)[C@H](C(=O)NC4CC(F)(F)C4)c4ccccc4Cl)C3)c2)c(-c2cn(C)c(=O)c3[nH]ccc23)c1. The van der Waals surface area contributed by atoms with E-state index in [1.54, 1.807) is 68.0 Å². The van der Waals surface area contributed by atoms with Crippen molar-refractivity contribution in [3.05, 3.63) is 160 Å². The van der Waals surface area contributed by atoms with E-state index in [2.05, 4.69) is 20.0 Å². The zero-order valence-corrected chi connectivity index (χ0v) is 45.9. The number of nitriles is 1. The van der Waals surface area contributed by atoms with Crippen LogP contribution in [0.4, 0.5) is 34.8 Å². The largest absolute Gasteiger partial charge is 0.491 e. The summed E-state index contributed by atoms with van der Waals surface area (Å²) in [7, 11) is -2.03. The Labute approximate surface area is 477 Å². The fourth-order valence-electron chi connectivity index (χ4n) is 9.51. The Balaban J connectivity index is 0.856. The Morgan fingerprint density at radius 3 is 2.39 bits per heavy atom. The first-order valence-electron chi connectivity index (χ1n) is 25.8. The maximum atomic E-state index is 15.4. The number of benzene rings is 4. The van der Waals surface area contributed by atoms with Gasteiger partial charge in [-0.15, -0.1) is 0 Å². The molecule has 4 heterocycles. The molecule has 4 amide bonds. The van der Waals surface area contributed by atoms with Crippen molar-refractivity contribution in [3.63, 3.8) is 0 Å². The number of halogens is 5. The van der Waals surface area contributed by atoms with Gasteiger partial charge < -0.3 is 38.7 Å². The lowest BCUT2D eigenvalue weighted by Gasteiger charge is -2.43. The molecule has 20 nitrogen and oxygen atoms in total. The van der Waals surface area contributed by atoms with Gasteiger partial charge in [0.2, 0.25) is 27.7 Å². The van der Waals surface area contributed by atoms with E-state index in [1.165, 1.54) is 54.1 Å². The highest BCUT2D eigenvalue weighted by molar-refractivity contribution is 7.92. The summed E-state index contributed by atoms with van der Waals surface area (Å²) in [6, 6.07) is 20.7. The summed E-state index contributed by atoms with van der Waals surface area (Å²) in [5, 5.41) is 12.7. The third-order valence-corrected chi connectivity index (χ3v) is 15.2. The molecule has 7 aromatic rings. The minimum atomic E-state index is -3.63. The number of aromatic amines is 1. The number of aryl methyl sites for hydroxylation is 1. The van der Waals surface area contributed by atoms with Crippen LogP contribution in [0.5, 0.6) is 17.2 Å². The number of piperazine rings is 1. The molecular weight excluding hydrogens is 1130 g/mol. The van der Waals surface area contributed by atoms with Crippen molar-refractivity contribution in [2.75, 3.05) is 66.4 Å². The third-order valence-electron chi connectivity index (χ3n) is 13.5. The Hall–Kier alpha value is -8.83. The van der Waals surface area contributed by atoms with E-state index in [4.69, 9.17) is 30.5 Å². The number of aromatic nitrogens is 3. The van der Waals surface area contributed by atoms with Gasteiger partial charge in [0.1, 0.15) is 72.1 Å². The number of carbonyl (C=O) groups is 4. The lowest BCUT2D eigenvalue weighted by atomic mass is 9.87. The highest BCUT2D eigenvalue weighted by Gasteiger charge is 2.49. The summed E-state index contributed by atoms with van der Waals surface area (Å²) >= 11 is 6.63. The summed E-state index contributed by atoms with van der Waals surface area (Å²) in [5.74, 6) is -8.56. The van der Waals surface area contributed by atoms with Crippen LogP contribution in [0.15, 0.2) is 127 Å². The summed E-state index contributed by atoms with van der Waals surface area (Å²) < 4.78 is 111. The number of pyridine rings is 2. The Kier molecular flexibility index (Phi) is 17.8. The van der Waals surface area contributed by atoms with Crippen molar-refractivity contribution in [2.45, 2.75) is 43.8 Å². The fourth-order valence-corrected chi connectivity index (χ4v) is 10.4. The molecule has 4 aromatic carbocycles. The van der Waals surface area contributed by atoms with Crippen LogP contribution in [0, 0.1) is 23.0 Å². The van der Waals surface area contributed by atoms with Gasteiger partial charge in [-0.05, 0) is 73.7 Å². The van der Waals surface area contributed by atoms with Gasteiger partial charge in [0.05, 0.1) is 49.4 Å². The van der Waals surface area contributed by atoms with Gasteiger partial charge in [0.15, 0.2) is 0 Å². The predicted octanol–water partition coefficient (Wildman–Crippen LogP) is 7.63. The molecule has 3 aromatic heterocycles. The van der Waals surface area contributed by atoms with Crippen LogP contribution in [0.25, 0.3) is 22.0 Å². The van der Waals surface area contributed by atoms with Crippen LogP contribution in [0.2, 0.25) is 5.02 Å². The maximum absolute atomic E-state index is 15.4. The molecule has 0 spiro atoms. The summed E-state index contributed by atoms with van der Waals surface area (Å²) in [6.45, 7) is -0.357. The van der Waals surface area contributed by atoms with E-state index in [1.807, 2.05) is 6.07 Å². The summed E-state index contributed by atoms with van der Waals surface area (Å²) in [5.41, 5.74) is 0.881. The number of fused-ring (bicyclic) bond motifs is 1. The first-order chi connectivity index (χ1) is 39.7. The number of nitrogens with one attached hydrogen (secondary N) is 3. The smallest absolute Gasteiger partial charge is 0.274 e. The molecule has 2 aliphatic rings. The van der Waals surface area contributed by atoms with Gasteiger partial charge in [0.25, 0.3) is 17.4 Å². The van der Waals surface area contributed by atoms with Gasteiger partial charge in [-0.25, -0.2) is 31.0 Å². The van der Waals surface area contributed by atoms with E-state index in [-0.39, 0.29) is 65.4 Å². The van der Waals surface area contributed by atoms with Gasteiger partial charge in [0, 0.05) is 89.4 Å². The number of carbonyl (C=O) groups excluding carboxylic acids is 4. The number of anilines is 3. The maximum Gasteiger partial charge on any atom is 0.274 e. The number of H-pyrrole nitrogens is 1. The molecule has 2 atom stereocenters.